The van der Waals surface area contributed by atoms with Gasteiger partial charge in [0.25, 0.3) is 0 Å². The average molecular weight is 247 g/mol. The number of anilines is 2. The Hall–Kier alpha value is -1.83. The van der Waals surface area contributed by atoms with Crippen molar-refractivity contribution in [3.8, 4) is 0 Å². The zero-order valence-electron chi connectivity index (χ0n) is 8.53. The Morgan fingerprint density at radius 2 is 2.12 bits per heavy atom. The molecule has 1 aromatic rings. The summed E-state index contributed by atoms with van der Waals surface area (Å²) in [6, 6.07) is 0. The molecule has 0 spiro atoms. The molecule has 16 heavy (non-hydrogen) atoms. The number of hydrogen-bond donors (Lipinski definition) is 3. The minimum atomic E-state index is -0.827. The third-order valence-corrected chi connectivity index (χ3v) is 1.63. The highest BCUT2D eigenvalue weighted by atomic mass is 35.5. The van der Waals surface area contributed by atoms with Gasteiger partial charge in [-0.3, -0.25) is 0 Å². The van der Waals surface area contributed by atoms with Crippen LogP contribution in [0.3, 0.4) is 0 Å². The summed E-state index contributed by atoms with van der Waals surface area (Å²) < 4.78 is 4.51. The maximum Gasteiger partial charge on any atom is 0.404 e. The lowest BCUT2D eigenvalue weighted by Crippen LogP contribution is -2.19. The number of carbonyl (C=O) groups excluding carboxylic acids is 1. The van der Waals surface area contributed by atoms with Crippen LogP contribution in [-0.4, -0.2) is 41.2 Å². The number of hydrogen-bond acceptors (Lipinski definition) is 7. The molecule has 0 aliphatic heterocycles. The number of ether oxygens (including phenoxy) is 1. The van der Waals surface area contributed by atoms with Gasteiger partial charge < -0.3 is 21.1 Å². The predicted molar refractivity (Wildman–Crippen MR) is 58.4 cm³/mol. The summed E-state index contributed by atoms with van der Waals surface area (Å²) >= 11 is 5.64. The first kappa shape index (κ1) is 12.2. The van der Waals surface area contributed by atoms with Gasteiger partial charge in [0.1, 0.15) is 6.61 Å². The number of carbonyl (C=O) groups is 1. The summed E-state index contributed by atoms with van der Waals surface area (Å²) in [4.78, 5) is 21.8. The van der Waals surface area contributed by atoms with Gasteiger partial charge in [-0.1, -0.05) is 0 Å². The molecule has 1 rings (SSSR count). The van der Waals surface area contributed by atoms with Crippen molar-refractivity contribution in [3.63, 3.8) is 0 Å². The number of aromatic nitrogens is 3. The van der Waals surface area contributed by atoms with Crippen LogP contribution in [0, 0.1) is 0 Å². The lowest BCUT2D eigenvalue weighted by Gasteiger charge is -2.06. The van der Waals surface area contributed by atoms with E-state index in [1.54, 1.807) is 7.05 Å². The molecule has 4 N–H and O–H groups in total. The van der Waals surface area contributed by atoms with Crippen molar-refractivity contribution in [3.05, 3.63) is 5.28 Å². The number of rotatable bonds is 5. The number of nitrogens with two attached hydrogens (primary N) is 1. The van der Waals surface area contributed by atoms with Crippen molar-refractivity contribution in [1.29, 1.82) is 0 Å². The van der Waals surface area contributed by atoms with Gasteiger partial charge in [-0.15, -0.1) is 0 Å². The zero-order valence-corrected chi connectivity index (χ0v) is 9.28. The zero-order chi connectivity index (χ0) is 12.0. The molecular weight excluding hydrogens is 236 g/mol. The summed E-state index contributed by atoms with van der Waals surface area (Å²) in [5.74, 6) is 0.635. The van der Waals surface area contributed by atoms with Crippen LogP contribution in [0.5, 0.6) is 0 Å². The molecule has 1 heterocycles. The Kier molecular flexibility index (Phi) is 4.52. The molecule has 0 unspecified atom stereocenters. The summed E-state index contributed by atoms with van der Waals surface area (Å²) in [5, 5.41) is 5.59. The highest BCUT2D eigenvalue weighted by Gasteiger charge is 2.03. The fourth-order valence-electron chi connectivity index (χ4n) is 0.855. The third-order valence-electron chi connectivity index (χ3n) is 1.46. The molecule has 0 saturated heterocycles. The second-order valence-corrected chi connectivity index (χ2v) is 2.93. The minimum Gasteiger partial charge on any atom is -0.448 e. The molecule has 0 radical (unpaired) electrons. The number of nitrogens with one attached hydrogen (secondary N) is 2. The first-order valence-electron chi connectivity index (χ1n) is 4.37. The fourth-order valence-corrected chi connectivity index (χ4v) is 1.02. The molecule has 1 amide bonds. The monoisotopic (exact) mass is 246 g/mol. The molecule has 0 aliphatic rings. The van der Waals surface area contributed by atoms with Gasteiger partial charge in [-0.2, -0.15) is 15.0 Å². The van der Waals surface area contributed by atoms with E-state index >= 15 is 0 Å². The molecule has 0 aliphatic carbocycles. The van der Waals surface area contributed by atoms with Crippen molar-refractivity contribution in [2.24, 2.45) is 5.73 Å². The van der Waals surface area contributed by atoms with E-state index in [9.17, 15) is 4.79 Å². The van der Waals surface area contributed by atoms with Crippen molar-refractivity contribution in [2.45, 2.75) is 0 Å². The molecular formula is C7H11ClN6O2. The van der Waals surface area contributed by atoms with E-state index in [-0.39, 0.29) is 17.8 Å². The van der Waals surface area contributed by atoms with Crippen LogP contribution in [-0.2, 0) is 4.74 Å². The van der Waals surface area contributed by atoms with Crippen LogP contribution < -0.4 is 16.4 Å². The van der Waals surface area contributed by atoms with E-state index in [0.29, 0.717) is 12.5 Å². The van der Waals surface area contributed by atoms with Gasteiger partial charge in [0, 0.05) is 7.05 Å². The summed E-state index contributed by atoms with van der Waals surface area (Å²) in [7, 11) is 1.66. The van der Waals surface area contributed by atoms with Crippen LogP contribution in [0.4, 0.5) is 16.7 Å². The van der Waals surface area contributed by atoms with Crippen LogP contribution in [0.15, 0.2) is 0 Å². The molecule has 0 aromatic carbocycles. The Morgan fingerprint density at radius 1 is 1.44 bits per heavy atom. The smallest absolute Gasteiger partial charge is 0.404 e. The van der Waals surface area contributed by atoms with E-state index in [2.05, 4.69) is 30.3 Å². The third kappa shape index (κ3) is 4.13. The summed E-state index contributed by atoms with van der Waals surface area (Å²) in [5.41, 5.74) is 4.78. The van der Waals surface area contributed by atoms with E-state index in [1.807, 2.05) is 0 Å². The van der Waals surface area contributed by atoms with Crippen LogP contribution in [0.25, 0.3) is 0 Å². The van der Waals surface area contributed by atoms with Gasteiger partial charge in [-0.25, -0.2) is 4.79 Å². The first-order chi connectivity index (χ1) is 7.61. The highest BCUT2D eigenvalue weighted by Crippen LogP contribution is 2.08. The normalized spacial score (nSPS) is 9.62. The molecule has 0 fully saturated rings. The maximum absolute atomic E-state index is 10.3. The number of primary amides is 1. The van der Waals surface area contributed by atoms with Gasteiger partial charge in [0.05, 0.1) is 6.54 Å². The van der Waals surface area contributed by atoms with Crippen LogP contribution in [0.2, 0.25) is 5.28 Å². The van der Waals surface area contributed by atoms with Gasteiger partial charge in [0.2, 0.25) is 17.2 Å². The number of nitrogens with zero attached hydrogens (tertiary/aromatic N) is 3. The molecule has 0 atom stereocenters. The highest BCUT2D eigenvalue weighted by molar-refractivity contribution is 6.28. The quantitative estimate of drug-likeness (QED) is 0.630. The van der Waals surface area contributed by atoms with Crippen LogP contribution in [0.1, 0.15) is 0 Å². The van der Waals surface area contributed by atoms with Crippen molar-refractivity contribution < 1.29 is 9.53 Å². The van der Waals surface area contributed by atoms with Crippen molar-refractivity contribution in [1.82, 2.24) is 15.0 Å². The van der Waals surface area contributed by atoms with Gasteiger partial charge >= 0.3 is 6.09 Å². The molecule has 0 saturated carbocycles. The number of halogens is 1. The number of amides is 1. The molecule has 1 aromatic heterocycles. The van der Waals surface area contributed by atoms with Crippen molar-refractivity contribution in [2.75, 3.05) is 30.8 Å². The Morgan fingerprint density at radius 3 is 2.75 bits per heavy atom. The molecule has 8 nitrogen and oxygen atoms in total. The van der Waals surface area contributed by atoms with Gasteiger partial charge in [0.15, 0.2) is 0 Å². The SMILES string of the molecule is CNc1nc(Cl)nc(NCCOC(N)=O)n1. The summed E-state index contributed by atoms with van der Waals surface area (Å²) in [6.45, 7) is 0.444. The van der Waals surface area contributed by atoms with Gasteiger partial charge in [-0.05, 0) is 11.6 Å². The topological polar surface area (TPSA) is 115 Å². The molecule has 88 valence electrons. The van der Waals surface area contributed by atoms with Crippen molar-refractivity contribution >= 4 is 29.6 Å². The molecule has 9 heteroatoms. The fraction of sp³-hybridized carbons (Fsp3) is 0.429. The van der Waals surface area contributed by atoms with E-state index in [1.165, 1.54) is 0 Å². The van der Waals surface area contributed by atoms with Crippen LogP contribution >= 0.6 is 11.6 Å². The lowest BCUT2D eigenvalue weighted by atomic mass is 10.7. The Balaban J connectivity index is 2.47. The second-order valence-electron chi connectivity index (χ2n) is 2.60. The van der Waals surface area contributed by atoms with E-state index < -0.39 is 6.09 Å². The predicted octanol–water partition coefficient (Wildman–Crippen LogP) is 0.0739. The lowest BCUT2D eigenvalue weighted by molar-refractivity contribution is 0.161. The standard InChI is InChI=1S/C7H11ClN6O2/c1-10-6-12-4(8)13-7(14-6)11-2-3-16-5(9)15/h2-3H2,1H3,(H2,9,15)(H2,10,11,12,13,14). The summed E-state index contributed by atoms with van der Waals surface area (Å²) in [6.07, 6.45) is -0.827. The Bertz CT molecular complexity index is 374. The second kappa shape index (κ2) is 5.91. The first-order valence-corrected chi connectivity index (χ1v) is 4.75. The van der Waals surface area contributed by atoms with E-state index in [4.69, 9.17) is 17.3 Å². The minimum absolute atomic E-state index is 0.0673. The van der Waals surface area contributed by atoms with E-state index in [0.717, 1.165) is 0 Å². The maximum atomic E-state index is 10.3. The largest absolute Gasteiger partial charge is 0.448 e. The average Bonchev–Trinajstić information content (AvgIpc) is 2.23. The molecule has 0 bridgehead atoms. The Labute approximate surface area is 96.6 Å².